The molecule has 0 saturated heterocycles. The van der Waals surface area contributed by atoms with E-state index in [0.717, 1.165) is 12.1 Å². The molecule has 1 N–H and O–H groups in total. The zero-order valence-corrected chi connectivity index (χ0v) is 15.9. The molecule has 0 unspecified atom stereocenters. The van der Waals surface area contributed by atoms with Crippen LogP contribution in [-0.4, -0.2) is 22.6 Å². The second-order valence-electron chi connectivity index (χ2n) is 5.83. The number of ether oxygens (including phenoxy) is 2. The molecule has 0 fully saturated rings. The van der Waals surface area contributed by atoms with Crippen molar-refractivity contribution in [1.82, 2.24) is 0 Å². The molecule has 3 rings (SSSR count). The molecule has 0 spiro atoms. The lowest BCUT2D eigenvalue weighted by atomic mass is 10.0. The van der Waals surface area contributed by atoms with Gasteiger partial charge in [-0.2, -0.15) is 0 Å². The molecular formula is C20H17F2NO4S. The molecule has 0 aliphatic carbocycles. The molecule has 0 atom stereocenters. The number of methoxy groups -OCH3 is 2. The summed E-state index contributed by atoms with van der Waals surface area (Å²) >= 11 is 0. The highest BCUT2D eigenvalue weighted by Gasteiger charge is 2.19. The highest BCUT2D eigenvalue weighted by Crippen LogP contribution is 2.36. The fraction of sp³-hybridized carbons (Fsp3) is 0.100. The average molecular weight is 405 g/mol. The SMILES string of the molecule is COc1cc(OC)cc(-c2cc(F)c(F)cc2NS(=O)(=O)c2ccccc2)c1. The van der Waals surface area contributed by atoms with Gasteiger partial charge in [-0.25, -0.2) is 17.2 Å². The second-order valence-corrected chi connectivity index (χ2v) is 7.51. The van der Waals surface area contributed by atoms with Crippen molar-refractivity contribution in [3.63, 3.8) is 0 Å². The summed E-state index contributed by atoms with van der Waals surface area (Å²) in [6.07, 6.45) is 0. The van der Waals surface area contributed by atoms with E-state index in [1.54, 1.807) is 36.4 Å². The molecule has 3 aromatic rings. The van der Waals surface area contributed by atoms with Gasteiger partial charge in [0.25, 0.3) is 10.0 Å². The third kappa shape index (κ3) is 4.07. The van der Waals surface area contributed by atoms with E-state index in [1.165, 1.54) is 26.4 Å². The zero-order valence-electron chi connectivity index (χ0n) is 15.1. The van der Waals surface area contributed by atoms with Crippen molar-refractivity contribution in [3.05, 3.63) is 72.3 Å². The third-order valence-electron chi connectivity index (χ3n) is 4.02. The van der Waals surface area contributed by atoms with E-state index < -0.39 is 21.7 Å². The summed E-state index contributed by atoms with van der Waals surface area (Å²) in [5.74, 6) is -1.46. The van der Waals surface area contributed by atoms with E-state index in [0.29, 0.717) is 17.1 Å². The summed E-state index contributed by atoms with van der Waals surface area (Å²) in [4.78, 5) is -0.00564. The predicted molar refractivity (Wildman–Crippen MR) is 102 cm³/mol. The van der Waals surface area contributed by atoms with E-state index >= 15 is 0 Å². The molecule has 0 saturated carbocycles. The maximum atomic E-state index is 14.0. The Hall–Kier alpha value is -3.13. The number of rotatable bonds is 6. The van der Waals surface area contributed by atoms with Crippen LogP contribution in [0.5, 0.6) is 11.5 Å². The third-order valence-corrected chi connectivity index (χ3v) is 5.40. The van der Waals surface area contributed by atoms with Crippen LogP contribution in [0.15, 0.2) is 65.6 Å². The largest absolute Gasteiger partial charge is 0.497 e. The number of benzene rings is 3. The number of sulfonamides is 1. The van der Waals surface area contributed by atoms with Crippen LogP contribution >= 0.6 is 0 Å². The van der Waals surface area contributed by atoms with Gasteiger partial charge in [-0.3, -0.25) is 4.72 Å². The smallest absolute Gasteiger partial charge is 0.261 e. The Morgan fingerprint density at radius 3 is 1.96 bits per heavy atom. The minimum Gasteiger partial charge on any atom is -0.497 e. The quantitative estimate of drug-likeness (QED) is 0.658. The number of hydrogen-bond donors (Lipinski definition) is 1. The second kappa shape index (κ2) is 7.85. The van der Waals surface area contributed by atoms with Crippen LogP contribution in [0.1, 0.15) is 0 Å². The van der Waals surface area contributed by atoms with Gasteiger partial charge in [0.2, 0.25) is 0 Å². The Morgan fingerprint density at radius 2 is 1.39 bits per heavy atom. The van der Waals surface area contributed by atoms with Gasteiger partial charge in [0.1, 0.15) is 11.5 Å². The van der Waals surface area contributed by atoms with Crippen LogP contribution in [0.3, 0.4) is 0 Å². The van der Waals surface area contributed by atoms with E-state index in [2.05, 4.69) is 4.72 Å². The Kier molecular flexibility index (Phi) is 5.51. The Morgan fingerprint density at radius 1 is 0.821 bits per heavy atom. The maximum Gasteiger partial charge on any atom is 0.261 e. The maximum absolute atomic E-state index is 14.0. The van der Waals surface area contributed by atoms with E-state index in [-0.39, 0.29) is 16.1 Å². The van der Waals surface area contributed by atoms with E-state index in [1.807, 2.05) is 0 Å². The standard InChI is InChI=1S/C20H17F2NO4S/c1-26-14-8-13(9-15(10-14)27-2)17-11-18(21)19(22)12-20(17)23-28(24,25)16-6-4-3-5-7-16/h3-12,23H,1-2H3. The molecule has 8 heteroatoms. The van der Waals surface area contributed by atoms with Gasteiger partial charge in [0.15, 0.2) is 11.6 Å². The molecule has 0 bridgehead atoms. The number of nitrogens with one attached hydrogen (secondary N) is 1. The zero-order chi connectivity index (χ0) is 20.3. The van der Waals surface area contributed by atoms with Crippen LogP contribution in [-0.2, 0) is 10.0 Å². The predicted octanol–water partition coefficient (Wildman–Crippen LogP) is 4.45. The topological polar surface area (TPSA) is 64.6 Å². The lowest BCUT2D eigenvalue weighted by Crippen LogP contribution is -2.14. The van der Waals surface area contributed by atoms with Crippen LogP contribution in [0, 0.1) is 11.6 Å². The summed E-state index contributed by atoms with van der Waals surface area (Å²) in [5, 5.41) is 0. The molecule has 0 radical (unpaired) electrons. The summed E-state index contributed by atoms with van der Waals surface area (Å²) in [6.45, 7) is 0. The molecule has 3 aromatic carbocycles. The van der Waals surface area contributed by atoms with Gasteiger partial charge in [-0.1, -0.05) is 18.2 Å². The van der Waals surface area contributed by atoms with Gasteiger partial charge in [0.05, 0.1) is 24.8 Å². The lowest BCUT2D eigenvalue weighted by Gasteiger charge is -2.15. The summed E-state index contributed by atoms with van der Waals surface area (Å²) in [6, 6.07) is 14.1. The summed E-state index contributed by atoms with van der Waals surface area (Å²) in [7, 11) is -1.11. The summed E-state index contributed by atoms with van der Waals surface area (Å²) < 4.78 is 65.9. The lowest BCUT2D eigenvalue weighted by molar-refractivity contribution is 0.394. The molecule has 0 aliphatic heterocycles. The van der Waals surface area contributed by atoms with Crippen LogP contribution in [0.25, 0.3) is 11.1 Å². The molecule has 0 heterocycles. The highest BCUT2D eigenvalue weighted by molar-refractivity contribution is 7.92. The van der Waals surface area contributed by atoms with Crippen LogP contribution < -0.4 is 14.2 Å². The first-order valence-electron chi connectivity index (χ1n) is 8.14. The van der Waals surface area contributed by atoms with Gasteiger partial charge >= 0.3 is 0 Å². The van der Waals surface area contributed by atoms with Crippen molar-refractivity contribution >= 4 is 15.7 Å². The van der Waals surface area contributed by atoms with Crippen molar-refractivity contribution in [2.75, 3.05) is 18.9 Å². The Labute approximate surface area is 161 Å². The normalized spacial score (nSPS) is 11.1. The van der Waals surface area contributed by atoms with Gasteiger partial charge < -0.3 is 9.47 Å². The van der Waals surface area contributed by atoms with Crippen molar-refractivity contribution < 1.29 is 26.7 Å². The Balaban J connectivity index is 2.15. The first-order chi connectivity index (χ1) is 13.3. The Bertz CT molecular complexity index is 1080. The molecule has 0 amide bonds. The summed E-state index contributed by atoms with van der Waals surface area (Å²) in [5.41, 5.74) is 0.412. The van der Waals surface area contributed by atoms with E-state index in [4.69, 9.17) is 9.47 Å². The first-order valence-corrected chi connectivity index (χ1v) is 9.62. The molecular weight excluding hydrogens is 388 g/mol. The molecule has 0 aliphatic rings. The van der Waals surface area contributed by atoms with Gasteiger partial charge in [-0.15, -0.1) is 0 Å². The van der Waals surface area contributed by atoms with Gasteiger partial charge in [0, 0.05) is 17.7 Å². The van der Waals surface area contributed by atoms with Crippen molar-refractivity contribution in [2.45, 2.75) is 4.90 Å². The van der Waals surface area contributed by atoms with Gasteiger partial charge in [-0.05, 0) is 35.9 Å². The van der Waals surface area contributed by atoms with Crippen molar-refractivity contribution in [2.24, 2.45) is 0 Å². The number of hydrogen-bond acceptors (Lipinski definition) is 4. The fourth-order valence-corrected chi connectivity index (χ4v) is 3.73. The average Bonchev–Trinajstić information content (AvgIpc) is 2.70. The number of anilines is 1. The monoisotopic (exact) mass is 405 g/mol. The minimum absolute atomic E-state index is 0.00564. The fourth-order valence-electron chi connectivity index (χ4n) is 2.64. The van der Waals surface area contributed by atoms with E-state index in [9.17, 15) is 17.2 Å². The minimum atomic E-state index is -4.01. The molecule has 0 aromatic heterocycles. The molecule has 28 heavy (non-hydrogen) atoms. The first kappa shape index (κ1) is 19.6. The van der Waals surface area contributed by atoms with Crippen LogP contribution in [0.4, 0.5) is 14.5 Å². The van der Waals surface area contributed by atoms with Crippen molar-refractivity contribution in [1.29, 1.82) is 0 Å². The molecule has 146 valence electrons. The number of halogens is 2. The van der Waals surface area contributed by atoms with Crippen LogP contribution in [0.2, 0.25) is 0 Å². The van der Waals surface area contributed by atoms with Crippen molar-refractivity contribution in [3.8, 4) is 22.6 Å². The molecule has 5 nitrogen and oxygen atoms in total. The highest BCUT2D eigenvalue weighted by atomic mass is 32.2.